The largest absolute Gasteiger partial charge is 0.478 e. The van der Waals surface area contributed by atoms with Crippen LogP contribution in [0.2, 0.25) is 0 Å². The van der Waals surface area contributed by atoms with Gasteiger partial charge in [0.1, 0.15) is 17.2 Å². The van der Waals surface area contributed by atoms with Crippen LogP contribution >= 0.6 is 0 Å². The van der Waals surface area contributed by atoms with Gasteiger partial charge >= 0.3 is 5.97 Å². The van der Waals surface area contributed by atoms with E-state index in [1.807, 2.05) is 18.2 Å². The molecule has 3 heterocycles. The summed E-state index contributed by atoms with van der Waals surface area (Å²) in [5, 5.41) is 16.8. The number of pyridine rings is 3. The molecule has 25 heavy (non-hydrogen) atoms. The third kappa shape index (κ3) is 3.21. The van der Waals surface area contributed by atoms with Crippen molar-refractivity contribution < 1.29 is 9.90 Å². The second-order valence-electron chi connectivity index (χ2n) is 6.13. The lowest BCUT2D eigenvalue weighted by atomic mass is 10.1. The summed E-state index contributed by atoms with van der Waals surface area (Å²) in [4.78, 5) is 24.5. The molecule has 3 aromatic heterocycles. The summed E-state index contributed by atoms with van der Waals surface area (Å²) in [5.74, 6) is 0.230. The maximum Gasteiger partial charge on any atom is 0.339 e. The number of aromatic nitrogens is 3. The van der Waals surface area contributed by atoms with Gasteiger partial charge in [-0.15, -0.1) is 0 Å². The lowest BCUT2D eigenvalue weighted by Crippen LogP contribution is -2.12. The molecular formula is C18H17N5O2. The van der Waals surface area contributed by atoms with E-state index in [4.69, 9.17) is 0 Å². The first-order valence-electron chi connectivity index (χ1n) is 8.09. The van der Waals surface area contributed by atoms with Gasteiger partial charge in [-0.1, -0.05) is 0 Å². The van der Waals surface area contributed by atoms with Crippen molar-refractivity contribution in [2.24, 2.45) is 0 Å². The maximum atomic E-state index is 11.5. The fraction of sp³-hybridized carbons (Fsp3) is 0.222. The van der Waals surface area contributed by atoms with Crippen molar-refractivity contribution in [3.8, 4) is 0 Å². The molecule has 3 aromatic rings. The molecule has 0 aromatic carbocycles. The van der Waals surface area contributed by atoms with Crippen molar-refractivity contribution in [1.29, 1.82) is 0 Å². The summed E-state index contributed by atoms with van der Waals surface area (Å²) in [5.41, 5.74) is 2.10. The molecule has 0 saturated heterocycles. The number of rotatable bonds is 5. The van der Waals surface area contributed by atoms with E-state index >= 15 is 0 Å². The Hall–Kier alpha value is -3.22. The predicted molar refractivity (Wildman–Crippen MR) is 95.4 cm³/mol. The van der Waals surface area contributed by atoms with Gasteiger partial charge in [0.15, 0.2) is 0 Å². The van der Waals surface area contributed by atoms with E-state index < -0.39 is 5.97 Å². The van der Waals surface area contributed by atoms with Gasteiger partial charge < -0.3 is 15.7 Å². The highest BCUT2D eigenvalue weighted by atomic mass is 16.4. The summed E-state index contributed by atoms with van der Waals surface area (Å²) < 4.78 is 0. The molecule has 126 valence electrons. The van der Waals surface area contributed by atoms with Crippen LogP contribution in [-0.4, -0.2) is 32.1 Å². The minimum absolute atomic E-state index is 0.218. The van der Waals surface area contributed by atoms with Gasteiger partial charge in [0.2, 0.25) is 0 Å². The lowest BCUT2D eigenvalue weighted by Gasteiger charge is -2.14. The Labute approximate surface area is 144 Å². The summed E-state index contributed by atoms with van der Waals surface area (Å²) in [6, 6.07) is 7.69. The number of nitrogens with one attached hydrogen (secondary N) is 2. The number of aryl methyl sites for hydroxylation is 1. The molecule has 1 aliphatic carbocycles. The molecule has 7 nitrogen and oxygen atoms in total. The monoisotopic (exact) mass is 335 g/mol. The molecular weight excluding hydrogens is 318 g/mol. The molecule has 0 amide bonds. The van der Waals surface area contributed by atoms with Gasteiger partial charge in [-0.05, 0) is 38.0 Å². The third-order valence-corrected chi connectivity index (χ3v) is 4.10. The van der Waals surface area contributed by atoms with Crippen LogP contribution in [0.5, 0.6) is 0 Å². The van der Waals surface area contributed by atoms with Gasteiger partial charge in [-0.25, -0.2) is 14.8 Å². The number of carbonyl (C=O) groups is 1. The quantitative estimate of drug-likeness (QED) is 0.657. The van der Waals surface area contributed by atoms with Crippen molar-refractivity contribution >= 4 is 34.2 Å². The minimum Gasteiger partial charge on any atom is -0.478 e. The van der Waals surface area contributed by atoms with Crippen LogP contribution in [0.15, 0.2) is 36.7 Å². The van der Waals surface area contributed by atoms with E-state index in [0.717, 1.165) is 23.7 Å². The molecule has 3 N–H and O–H groups in total. The highest BCUT2D eigenvalue weighted by Gasteiger charge is 2.25. The highest BCUT2D eigenvalue weighted by Crippen LogP contribution is 2.30. The van der Waals surface area contributed by atoms with Crippen LogP contribution in [0.1, 0.15) is 28.9 Å². The van der Waals surface area contributed by atoms with Gasteiger partial charge in [-0.3, -0.25) is 4.98 Å². The van der Waals surface area contributed by atoms with E-state index in [1.54, 1.807) is 25.4 Å². The van der Waals surface area contributed by atoms with Crippen LogP contribution in [0.4, 0.5) is 17.3 Å². The standard InChI is InChI=1S/C18H17N5O2/c1-10-17(18(24)25)14(21-12-3-4-12)8-16(20-10)23-15-5-2-11-9-19-7-6-13(11)22-15/h2,5-9,12H,3-4H2,1H3,(H,24,25)(H2,20,21,22,23). The Morgan fingerprint density at radius 2 is 2.04 bits per heavy atom. The van der Waals surface area contributed by atoms with Gasteiger partial charge in [-0.2, -0.15) is 0 Å². The predicted octanol–water partition coefficient (Wildman–Crippen LogP) is 3.35. The van der Waals surface area contributed by atoms with Crippen LogP contribution < -0.4 is 10.6 Å². The number of nitrogens with zero attached hydrogens (tertiary/aromatic N) is 3. The zero-order valence-corrected chi connectivity index (χ0v) is 13.7. The smallest absolute Gasteiger partial charge is 0.339 e. The zero-order chi connectivity index (χ0) is 17.4. The number of anilines is 3. The molecule has 1 fully saturated rings. The summed E-state index contributed by atoms with van der Waals surface area (Å²) in [7, 11) is 0. The number of hydrogen-bond acceptors (Lipinski definition) is 6. The van der Waals surface area contributed by atoms with Crippen molar-refractivity contribution in [2.45, 2.75) is 25.8 Å². The molecule has 1 aliphatic rings. The lowest BCUT2D eigenvalue weighted by molar-refractivity contribution is 0.0696. The van der Waals surface area contributed by atoms with Crippen molar-refractivity contribution in [1.82, 2.24) is 15.0 Å². The van der Waals surface area contributed by atoms with Crippen LogP contribution in [0.3, 0.4) is 0 Å². The fourth-order valence-electron chi connectivity index (χ4n) is 2.73. The third-order valence-electron chi connectivity index (χ3n) is 4.10. The molecule has 1 saturated carbocycles. The topological polar surface area (TPSA) is 100 Å². The molecule has 0 aliphatic heterocycles. The molecule has 0 bridgehead atoms. The molecule has 0 unspecified atom stereocenters. The van der Waals surface area contributed by atoms with Crippen molar-refractivity contribution in [3.05, 3.63) is 47.9 Å². The van der Waals surface area contributed by atoms with Crippen LogP contribution in [0.25, 0.3) is 10.9 Å². The fourth-order valence-corrected chi connectivity index (χ4v) is 2.73. The average molecular weight is 335 g/mol. The molecule has 0 spiro atoms. The zero-order valence-electron chi connectivity index (χ0n) is 13.7. The Bertz CT molecular complexity index is 969. The van der Waals surface area contributed by atoms with E-state index in [1.165, 1.54) is 0 Å². The van der Waals surface area contributed by atoms with E-state index in [9.17, 15) is 9.90 Å². The second kappa shape index (κ2) is 6.01. The summed E-state index contributed by atoms with van der Waals surface area (Å²) in [6.45, 7) is 1.70. The summed E-state index contributed by atoms with van der Waals surface area (Å²) >= 11 is 0. The molecule has 0 radical (unpaired) electrons. The van der Waals surface area contributed by atoms with Gasteiger partial charge in [0, 0.05) is 29.9 Å². The van der Waals surface area contributed by atoms with Crippen LogP contribution in [0, 0.1) is 6.92 Å². The van der Waals surface area contributed by atoms with E-state index in [2.05, 4.69) is 25.6 Å². The SMILES string of the molecule is Cc1nc(Nc2ccc3cnccc3n2)cc(NC2CC2)c1C(=O)O. The van der Waals surface area contributed by atoms with Crippen molar-refractivity contribution in [2.75, 3.05) is 10.6 Å². The first-order valence-corrected chi connectivity index (χ1v) is 8.09. The first kappa shape index (κ1) is 15.3. The number of aromatic carboxylic acids is 1. The van der Waals surface area contributed by atoms with Crippen LogP contribution in [-0.2, 0) is 0 Å². The van der Waals surface area contributed by atoms with E-state index in [0.29, 0.717) is 29.1 Å². The summed E-state index contributed by atoms with van der Waals surface area (Å²) in [6.07, 6.45) is 5.57. The number of carboxylic acids is 1. The maximum absolute atomic E-state index is 11.5. The normalized spacial score (nSPS) is 13.6. The number of fused-ring (bicyclic) bond motifs is 1. The Morgan fingerprint density at radius 1 is 1.20 bits per heavy atom. The average Bonchev–Trinajstić information content (AvgIpc) is 3.38. The molecule has 0 atom stereocenters. The van der Waals surface area contributed by atoms with Crippen molar-refractivity contribution in [3.63, 3.8) is 0 Å². The van der Waals surface area contributed by atoms with E-state index in [-0.39, 0.29) is 5.56 Å². The Balaban J connectivity index is 1.68. The number of hydrogen-bond donors (Lipinski definition) is 3. The van der Waals surface area contributed by atoms with Gasteiger partial charge in [0.25, 0.3) is 0 Å². The first-order chi connectivity index (χ1) is 12.1. The molecule has 4 rings (SSSR count). The minimum atomic E-state index is -0.976. The Kier molecular flexibility index (Phi) is 3.68. The highest BCUT2D eigenvalue weighted by molar-refractivity contribution is 5.96. The van der Waals surface area contributed by atoms with Gasteiger partial charge in [0.05, 0.1) is 16.9 Å². The number of carboxylic acid groups (broad SMARTS) is 1. The Morgan fingerprint density at radius 3 is 2.80 bits per heavy atom. The second-order valence-corrected chi connectivity index (χ2v) is 6.13. The molecule has 7 heteroatoms.